The van der Waals surface area contributed by atoms with Crippen molar-refractivity contribution in [1.29, 1.82) is 0 Å². The van der Waals surface area contributed by atoms with E-state index in [4.69, 9.17) is 0 Å². The van der Waals surface area contributed by atoms with Crippen molar-refractivity contribution in [2.75, 3.05) is 33.7 Å². The summed E-state index contributed by atoms with van der Waals surface area (Å²) < 4.78 is 56.0. The van der Waals surface area contributed by atoms with Crippen molar-refractivity contribution in [3.8, 4) is 0 Å². The number of hydrogen-bond donors (Lipinski definition) is 0. The number of fused-ring (bicyclic) bond motifs is 2. The predicted octanol–water partition coefficient (Wildman–Crippen LogP) is 1.63. The van der Waals surface area contributed by atoms with E-state index in [1.165, 1.54) is 30.5 Å². The molecule has 4 saturated heterocycles. The summed E-state index contributed by atoms with van der Waals surface area (Å²) in [4.78, 5) is 2.31. The Bertz CT molecular complexity index is 758. The fraction of sp³-hybridized carbons (Fsp3) is 0.647. The van der Waals surface area contributed by atoms with Gasteiger partial charge in [0.2, 0.25) is 0 Å². The van der Waals surface area contributed by atoms with Gasteiger partial charge in [0.05, 0.1) is 0 Å². The van der Waals surface area contributed by atoms with E-state index in [9.17, 15) is 17.2 Å². The Morgan fingerprint density at radius 2 is 1.64 bits per heavy atom. The second-order valence-electron chi connectivity index (χ2n) is 7.52. The van der Waals surface area contributed by atoms with Crippen LogP contribution < -0.4 is 0 Å². The molecular weight excluding hydrogens is 348 g/mol. The summed E-state index contributed by atoms with van der Waals surface area (Å²) in [6, 6.07) is 3.42. The van der Waals surface area contributed by atoms with Gasteiger partial charge in [0, 0.05) is 44.7 Å². The van der Waals surface area contributed by atoms with Crippen molar-refractivity contribution in [3.05, 3.63) is 35.4 Å². The van der Waals surface area contributed by atoms with Gasteiger partial charge in [-0.1, -0.05) is 0 Å². The van der Waals surface area contributed by atoms with E-state index >= 15 is 0 Å². The average molecular weight is 371 g/mol. The summed E-state index contributed by atoms with van der Waals surface area (Å²) in [5, 5.41) is 0. The normalized spacial score (nSPS) is 35.3. The quantitative estimate of drug-likeness (QED) is 0.811. The van der Waals surface area contributed by atoms with Crippen molar-refractivity contribution in [1.82, 2.24) is 13.5 Å². The minimum atomic E-state index is -3.58. The predicted molar refractivity (Wildman–Crippen MR) is 90.3 cm³/mol. The highest BCUT2D eigenvalue weighted by Crippen LogP contribution is 2.47. The molecule has 1 aromatic carbocycles. The molecule has 0 spiro atoms. The maximum absolute atomic E-state index is 13.8. The van der Waals surface area contributed by atoms with Gasteiger partial charge in [-0.05, 0) is 49.5 Å². The minimum Gasteiger partial charge on any atom is -0.298 e. The smallest absolute Gasteiger partial charge is 0.281 e. The van der Waals surface area contributed by atoms with Crippen LogP contribution in [0.15, 0.2) is 18.2 Å². The molecule has 2 bridgehead atoms. The Kier molecular flexibility index (Phi) is 4.14. The molecule has 25 heavy (non-hydrogen) atoms. The summed E-state index contributed by atoms with van der Waals surface area (Å²) in [5.41, 5.74) is 0.552. The molecule has 5 nitrogen and oxygen atoms in total. The van der Waals surface area contributed by atoms with Crippen LogP contribution in [0.4, 0.5) is 8.78 Å². The molecule has 0 saturated carbocycles. The number of nitrogens with zero attached hydrogens (tertiary/aromatic N) is 3. The van der Waals surface area contributed by atoms with Gasteiger partial charge in [-0.15, -0.1) is 0 Å². The molecule has 4 aliphatic rings. The van der Waals surface area contributed by atoms with Crippen LogP contribution in [0.3, 0.4) is 0 Å². The monoisotopic (exact) mass is 371 g/mol. The molecular formula is C17H23F2N3O2S. The van der Waals surface area contributed by atoms with E-state index < -0.39 is 21.8 Å². The van der Waals surface area contributed by atoms with Gasteiger partial charge in [-0.3, -0.25) is 4.90 Å². The Labute approximate surface area is 147 Å². The van der Waals surface area contributed by atoms with E-state index in [2.05, 4.69) is 4.90 Å². The van der Waals surface area contributed by atoms with Crippen LogP contribution in [0.5, 0.6) is 0 Å². The highest BCUT2D eigenvalue weighted by Gasteiger charge is 2.56. The first-order valence-corrected chi connectivity index (χ1v) is 10.1. The van der Waals surface area contributed by atoms with E-state index in [0.717, 1.165) is 32.0 Å². The summed E-state index contributed by atoms with van der Waals surface area (Å²) in [5.74, 6) is -1.13. The first-order valence-electron chi connectivity index (χ1n) is 8.68. The van der Waals surface area contributed by atoms with Crippen molar-refractivity contribution in [2.45, 2.75) is 30.8 Å². The van der Waals surface area contributed by atoms with Crippen LogP contribution in [-0.2, 0) is 10.2 Å². The lowest BCUT2D eigenvalue weighted by Gasteiger charge is -2.51. The van der Waals surface area contributed by atoms with Gasteiger partial charge in [0.15, 0.2) is 0 Å². The van der Waals surface area contributed by atoms with Crippen LogP contribution in [0.2, 0.25) is 0 Å². The van der Waals surface area contributed by atoms with Crippen molar-refractivity contribution in [2.24, 2.45) is 5.92 Å². The Hall–Kier alpha value is -1.09. The molecule has 8 heteroatoms. The molecule has 0 N–H and O–H groups in total. The molecule has 0 aliphatic carbocycles. The van der Waals surface area contributed by atoms with Gasteiger partial charge in [-0.25, -0.2) is 8.78 Å². The van der Waals surface area contributed by atoms with Crippen molar-refractivity contribution >= 4 is 10.2 Å². The summed E-state index contributed by atoms with van der Waals surface area (Å²) in [7, 11) is -0.521. The zero-order valence-corrected chi connectivity index (χ0v) is 15.2. The summed E-state index contributed by atoms with van der Waals surface area (Å²) >= 11 is 0. The van der Waals surface area contributed by atoms with Crippen LogP contribution >= 0.6 is 0 Å². The zero-order chi connectivity index (χ0) is 17.9. The fourth-order valence-electron chi connectivity index (χ4n) is 4.93. The third-order valence-corrected chi connectivity index (χ3v) is 7.93. The molecule has 4 heterocycles. The first kappa shape index (κ1) is 17.3. The van der Waals surface area contributed by atoms with Crippen LogP contribution in [-0.4, -0.2) is 67.7 Å². The van der Waals surface area contributed by atoms with Gasteiger partial charge >= 0.3 is 0 Å². The minimum absolute atomic E-state index is 0.0107. The second kappa shape index (κ2) is 5.97. The van der Waals surface area contributed by atoms with Crippen LogP contribution in [0.1, 0.15) is 24.3 Å². The molecule has 0 unspecified atom stereocenters. The Morgan fingerprint density at radius 1 is 1.04 bits per heavy atom. The fourth-order valence-corrected chi connectivity index (χ4v) is 6.30. The number of hydrogen-bond acceptors (Lipinski definition) is 3. The molecule has 3 atom stereocenters. The van der Waals surface area contributed by atoms with Gasteiger partial charge in [0.1, 0.15) is 11.6 Å². The topological polar surface area (TPSA) is 43.9 Å². The molecule has 1 aromatic rings. The highest BCUT2D eigenvalue weighted by atomic mass is 32.2. The standard InChI is InChI=1S/C17H23F2N3O2S/c1-20(2)25(23,24)22-10-15(12-7-13(18)9-14(19)8-12)17-16(22)11-3-5-21(17)6-4-11/h7-9,11,15-17H,3-6,10H2,1-2H3/t15-,16+,17+/m1/s1. The third-order valence-electron chi connectivity index (χ3n) is 6.02. The zero-order valence-electron chi connectivity index (χ0n) is 14.4. The molecule has 4 aliphatic heterocycles. The first-order chi connectivity index (χ1) is 11.8. The van der Waals surface area contributed by atoms with Gasteiger partial charge in [-0.2, -0.15) is 17.0 Å². The number of piperidine rings is 3. The number of halogens is 2. The molecule has 138 valence electrons. The summed E-state index contributed by atoms with van der Waals surface area (Å²) in [6.45, 7) is 2.12. The van der Waals surface area contributed by atoms with E-state index in [1.54, 1.807) is 4.31 Å². The highest BCUT2D eigenvalue weighted by molar-refractivity contribution is 7.86. The van der Waals surface area contributed by atoms with E-state index in [0.29, 0.717) is 11.5 Å². The lowest BCUT2D eigenvalue weighted by atomic mass is 9.75. The van der Waals surface area contributed by atoms with Crippen molar-refractivity contribution in [3.63, 3.8) is 0 Å². The van der Waals surface area contributed by atoms with Crippen LogP contribution in [0, 0.1) is 17.6 Å². The molecule has 0 amide bonds. The van der Waals surface area contributed by atoms with Crippen molar-refractivity contribution < 1.29 is 17.2 Å². The molecule has 0 aromatic heterocycles. The van der Waals surface area contributed by atoms with Gasteiger partial charge in [0.25, 0.3) is 10.2 Å². The Morgan fingerprint density at radius 3 is 2.20 bits per heavy atom. The molecule has 5 rings (SSSR count). The third kappa shape index (κ3) is 2.70. The second-order valence-corrected chi connectivity index (χ2v) is 9.62. The lowest BCUT2D eigenvalue weighted by molar-refractivity contribution is 0.0114. The molecule has 4 fully saturated rings. The largest absolute Gasteiger partial charge is 0.298 e. The van der Waals surface area contributed by atoms with E-state index in [1.807, 2.05) is 0 Å². The number of rotatable bonds is 3. The van der Waals surface area contributed by atoms with Crippen LogP contribution in [0.25, 0.3) is 0 Å². The SMILES string of the molecule is CN(C)S(=O)(=O)N1C[C@H](c2cc(F)cc(F)c2)[C@H]2[C@@H]1C1CCN2CC1. The molecule has 0 radical (unpaired) electrons. The number of benzene rings is 1. The maximum atomic E-state index is 13.8. The lowest BCUT2D eigenvalue weighted by Crippen LogP contribution is -2.61. The van der Waals surface area contributed by atoms with E-state index in [-0.39, 0.29) is 24.5 Å². The maximum Gasteiger partial charge on any atom is 0.281 e. The summed E-state index contributed by atoms with van der Waals surface area (Å²) in [6.07, 6.45) is 1.95. The van der Waals surface area contributed by atoms with Gasteiger partial charge < -0.3 is 0 Å². The Balaban J connectivity index is 1.78. The average Bonchev–Trinajstić information content (AvgIpc) is 2.98.